The molecule has 314 valence electrons. The maximum atomic E-state index is 6.39. The first-order valence-electron chi connectivity index (χ1n) is 19.9. The molecule has 3 aromatic heterocycles. The first-order valence-corrected chi connectivity index (χ1v) is 19.9. The average molecular weight is 839 g/mol. The number of nitrogens with zero attached hydrogens (tertiary/aromatic N) is 6. The molecule has 0 radical (unpaired) electrons. The van der Waals surface area contributed by atoms with Crippen LogP contribution in [0.4, 0.5) is 0 Å². The first kappa shape index (κ1) is 37.6. The Labute approximate surface area is 352 Å². The van der Waals surface area contributed by atoms with Gasteiger partial charge in [0, 0.05) is 0 Å². The molecular formula is C44H38N8O10. The van der Waals surface area contributed by atoms with E-state index in [1.165, 1.54) is 0 Å². The van der Waals surface area contributed by atoms with Gasteiger partial charge in [-0.3, -0.25) is 0 Å². The van der Waals surface area contributed by atoms with E-state index in [1.807, 2.05) is 48.5 Å². The summed E-state index contributed by atoms with van der Waals surface area (Å²) in [7, 11) is 6.37. The van der Waals surface area contributed by atoms with Crippen LogP contribution in [0.15, 0.2) is 48.5 Å². The third-order valence-electron chi connectivity index (χ3n) is 10.9. The molecule has 0 aliphatic carbocycles. The highest BCUT2D eigenvalue weighted by molar-refractivity contribution is 6.13. The molecule has 0 saturated carbocycles. The fraction of sp³-hybridized carbons (Fsp3) is 0.273. The highest BCUT2D eigenvalue weighted by atomic mass is 16.6. The third-order valence-corrected chi connectivity index (χ3v) is 10.9. The zero-order valence-electron chi connectivity index (χ0n) is 34.0. The minimum atomic E-state index is 0.248. The Hall–Kier alpha value is -7.44. The maximum absolute atomic E-state index is 6.39. The highest BCUT2D eigenvalue weighted by Gasteiger charge is 2.32. The van der Waals surface area contributed by atoms with Crippen molar-refractivity contribution in [2.24, 2.45) is 0 Å². The normalized spacial score (nSPS) is 14.6. The van der Waals surface area contributed by atoms with Gasteiger partial charge in [0.25, 0.3) is 0 Å². The molecule has 7 heterocycles. The lowest BCUT2D eigenvalue weighted by molar-refractivity contribution is 0.0769. The van der Waals surface area contributed by atoms with Crippen molar-refractivity contribution in [2.45, 2.75) is 0 Å². The van der Waals surface area contributed by atoms with Crippen LogP contribution in [-0.2, 0) is 9.47 Å². The van der Waals surface area contributed by atoms with E-state index >= 15 is 0 Å². The van der Waals surface area contributed by atoms with Gasteiger partial charge in [0.1, 0.15) is 95.0 Å². The van der Waals surface area contributed by atoms with E-state index in [-0.39, 0.29) is 49.7 Å². The number of fused-ring (bicyclic) bond motifs is 8. The van der Waals surface area contributed by atoms with Gasteiger partial charge >= 0.3 is 0 Å². The van der Waals surface area contributed by atoms with Crippen LogP contribution in [0.25, 0.3) is 89.7 Å². The Morgan fingerprint density at radius 2 is 0.677 bits per heavy atom. The Bertz CT molecular complexity index is 2920. The molecule has 62 heavy (non-hydrogen) atoms. The van der Waals surface area contributed by atoms with Crippen molar-refractivity contribution in [3.05, 3.63) is 48.5 Å². The summed E-state index contributed by atoms with van der Waals surface area (Å²) >= 11 is 0. The zero-order chi connectivity index (χ0) is 41.9. The highest BCUT2D eigenvalue weighted by Crippen LogP contribution is 2.50. The molecule has 0 unspecified atom stereocenters. The largest absolute Gasteiger partial charge is 0.496 e. The van der Waals surface area contributed by atoms with E-state index in [0.717, 1.165) is 0 Å². The lowest BCUT2D eigenvalue weighted by atomic mass is 10.1. The molecule has 0 saturated heterocycles. The standard InChI is InChI=1S/C44H38N8O10/c1-53-21-5-9-25-33-29(21)37-45-38-30-22(54-2)6-10-26-34(30)43(48-38)52-44-36-28(62-20-16-58-15-19-60-26)12-8-24(56-4)32(36)40(50-44)46-39-31-23(55-3)7-11-27(61-18-14-57-13-17-59-25)35(31)42(49-39)51-41(33)47-37/h5-12H,13-20H2,1-4H3,(H2,45,46,47,48,49,50,51,52). The van der Waals surface area contributed by atoms with Crippen LogP contribution in [0.1, 0.15) is 0 Å². The summed E-state index contributed by atoms with van der Waals surface area (Å²) in [6.45, 7) is 2.23. The Kier molecular flexibility index (Phi) is 9.23. The fourth-order valence-corrected chi connectivity index (χ4v) is 8.28. The molecule has 8 bridgehead atoms. The van der Waals surface area contributed by atoms with Crippen molar-refractivity contribution in [1.82, 2.24) is 39.9 Å². The number of ether oxygens (including phenoxy) is 10. The van der Waals surface area contributed by atoms with Crippen LogP contribution >= 0.6 is 0 Å². The number of hydrogen-bond acceptors (Lipinski definition) is 16. The summed E-state index contributed by atoms with van der Waals surface area (Å²) in [5.41, 5.74) is 3.72. The van der Waals surface area contributed by atoms with Crippen molar-refractivity contribution in [3.8, 4) is 91.5 Å². The quantitative estimate of drug-likeness (QED) is 0.195. The van der Waals surface area contributed by atoms with Gasteiger partial charge in [0.2, 0.25) is 0 Å². The van der Waals surface area contributed by atoms with Gasteiger partial charge in [0.05, 0.1) is 98.7 Å². The van der Waals surface area contributed by atoms with E-state index < -0.39 is 0 Å². The summed E-state index contributed by atoms with van der Waals surface area (Å²) in [6.07, 6.45) is 0. The molecule has 4 aliphatic heterocycles. The van der Waals surface area contributed by atoms with Crippen molar-refractivity contribution in [2.75, 3.05) is 81.3 Å². The smallest absolute Gasteiger partial charge is 0.168 e. The van der Waals surface area contributed by atoms with Crippen LogP contribution in [0.2, 0.25) is 0 Å². The monoisotopic (exact) mass is 838 g/mol. The van der Waals surface area contributed by atoms with Gasteiger partial charge in [0.15, 0.2) is 23.3 Å². The van der Waals surface area contributed by atoms with E-state index in [0.29, 0.717) is 139 Å². The van der Waals surface area contributed by atoms with E-state index in [9.17, 15) is 0 Å². The number of aromatic nitrogens is 8. The van der Waals surface area contributed by atoms with Crippen LogP contribution in [0.5, 0.6) is 46.0 Å². The molecule has 0 amide bonds. The fourth-order valence-electron chi connectivity index (χ4n) is 8.28. The molecule has 18 heteroatoms. The predicted octanol–water partition coefficient (Wildman–Crippen LogP) is 6.48. The van der Waals surface area contributed by atoms with Crippen LogP contribution in [0.3, 0.4) is 0 Å². The number of nitrogens with one attached hydrogen (secondary N) is 2. The van der Waals surface area contributed by atoms with E-state index in [2.05, 4.69) is 9.97 Å². The second-order valence-electron chi connectivity index (χ2n) is 14.3. The third kappa shape index (κ3) is 6.00. The van der Waals surface area contributed by atoms with Crippen LogP contribution in [-0.4, -0.2) is 121 Å². The Morgan fingerprint density at radius 1 is 0.355 bits per heavy atom. The van der Waals surface area contributed by atoms with Crippen molar-refractivity contribution >= 4 is 44.1 Å². The lowest BCUT2D eigenvalue weighted by Crippen LogP contribution is -2.12. The minimum Gasteiger partial charge on any atom is -0.496 e. The van der Waals surface area contributed by atoms with Gasteiger partial charge < -0.3 is 57.3 Å². The van der Waals surface area contributed by atoms with Gasteiger partial charge in [-0.2, -0.15) is 0 Å². The number of benzene rings is 4. The molecular weight excluding hydrogens is 801 g/mol. The van der Waals surface area contributed by atoms with Gasteiger partial charge in [-0.1, -0.05) is 0 Å². The number of H-pyrrole nitrogens is 2. The van der Waals surface area contributed by atoms with E-state index in [1.54, 1.807) is 28.4 Å². The maximum Gasteiger partial charge on any atom is 0.168 e. The Morgan fingerprint density at radius 3 is 1.06 bits per heavy atom. The molecule has 0 atom stereocenters. The summed E-state index contributed by atoms with van der Waals surface area (Å²) in [6, 6.07) is 14.6. The number of rotatable bonds is 4. The molecule has 2 N–H and O–H groups in total. The number of methoxy groups -OCH3 is 4. The van der Waals surface area contributed by atoms with Gasteiger partial charge in [-0.05, 0) is 48.5 Å². The molecule has 11 rings (SSSR count). The lowest BCUT2D eigenvalue weighted by Gasteiger charge is -2.14. The summed E-state index contributed by atoms with van der Waals surface area (Å²) < 4.78 is 61.3. The topological polar surface area (TPSA) is 201 Å². The molecule has 0 fully saturated rings. The molecule has 18 nitrogen and oxygen atoms in total. The molecule has 4 aromatic carbocycles. The molecule has 7 aromatic rings. The first-order chi connectivity index (χ1) is 30.6. The second-order valence-corrected chi connectivity index (χ2v) is 14.3. The second kappa shape index (κ2) is 15.2. The summed E-state index contributed by atoms with van der Waals surface area (Å²) in [5.74, 6) is 5.20. The molecule has 4 aliphatic rings. The number of hydrogen-bond donors (Lipinski definition) is 2. The van der Waals surface area contributed by atoms with Crippen molar-refractivity contribution in [1.29, 1.82) is 0 Å². The predicted molar refractivity (Wildman–Crippen MR) is 226 cm³/mol. The Balaban J connectivity index is 1.38. The zero-order valence-corrected chi connectivity index (χ0v) is 34.0. The average Bonchev–Trinajstić information content (AvgIpc) is 4.04. The number of aromatic amines is 2. The minimum absolute atomic E-state index is 0.248. The van der Waals surface area contributed by atoms with Gasteiger partial charge in [-0.15, -0.1) is 0 Å². The summed E-state index contributed by atoms with van der Waals surface area (Å²) in [4.78, 5) is 38.2. The van der Waals surface area contributed by atoms with Crippen LogP contribution in [0, 0.1) is 0 Å². The SMILES string of the molecule is COc1ccc2c3c1-c1nc-3nc3[nH]c(nc4nc5nc6[nH]c(n1)c1c(OC)ccc(c61)OCCOCCOc1ccc(OC)c-4c1-5)c1c(OC)ccc(c31)OCCOCCO2. The van der Waals surface area contributed by atoms with E-state index in [4.69, 9.17) is 77.3 Å². The van der Waals surface area contributed by atoms with Gasteiger partial charge in [-0.25, -0.2) is 29.9 Å². The van der Waals surface area contributed by atoms with Crippen molar-refractivity contribution in [3.63, 3.8) is 0 Å². The summed E-state index contributed by atoms with van der Waals surface area (Å²) in [5, 5.41) is 2.34. The molecule has 0 spiro atoms. The van der Waals surface area contributed by atoms with Crippen molar-refractivity contribution < 1.29 is 47.4 Å². The van der Waals surface area contributed by atoms with Crippen LogP contribution < -0.4 is 37.9 Å².